The molecule has 9 heteroatoms. The Morgan fingerprint density at radius 2 is 1.88 bits per heavy atom. The van der Waals surface area contributed by atoms with E-state index in [9.17, 15) is 22.4 Å². The molecular weight excluding hydrogens is 362 g/mol. The van der Waals surface area contributed by atoms with Crippen molar-refractivity contribution in [3.05, 3.63) is 48.0 Å². The van der Waals surface area contributed by atoms with E-state index in [1.807, 2.05) is 0 Å². The predicted octanol–water partition coefficient (Wildman–Crippen LogP) is 4.06. The van der Waals surface area contributed by atoms with Crippen LogP contribution in [0.25, 0.3) is 0 Å². The summed E-state index contributed by atoms with van der Waals surface area (Å²) >= 11 is 4.15. The van der Waals surface area contributed by atoms with Crippen molar-refractivity contribution < 1.29 is 31.8 Å². The van der Waals surface area contributed by atoms with Gasteiger partial charge < -0.3 is 15.2 Å². The SMILES string of the molecule is Nc1cccc(S)c1OCC(=O)c1cccc(OC(F)(F)C(F)F)c1. The Balaban J connectivity index is 2.09. The predicted molar refractivity (Wildman–Crippen MR) is 86.0 cm³/mol. The Kier molecular flexibility index (Phi) is 5.78. The van der Waals surface area contributed by atoms with Crippen molar-refractivity contribution >= 4 is 24.1 Å². The minimum atomic E-state index is -4.66. The summed E-state index contributed by atoms with van der Waals surface area (Å²) in [5.74, 6) is -0.942. The first-order chi connectivity index (χ1) is 11.7. The number of para-hydroxylation sites is 1. The van der Waals surface area contributed by atoms with Crippen LogP contribution in [0.3, 0.4) is 0 Å². The molecule has 0 unspecified atom stereocenters. The number of benzene rings is 2. The number of rotatable bonds is 7. The van der Waals surface area contributed by atoms with Gasteiger partial charge in [0.2, 0.25) is 0 Å². The van der Waals surface area contributed by atoms with Crippen molar-refractivity contribution in [3.63, 3.8) is 0 Å². The molecule has 0 aliphatic carbocycles. The molecule has 0 spiro atoms. The van der Waals surface area contributed by atoms with Gasteiger partial charge in [0, 0.05) is 10.5 Å². The number of carbonyl (C=O) groups excluding carboxylic acids is 1. The van der Waals surface area contributed by atoms with Crippen LogP contribution in [0.15, 0.2) is 47.4 Å². The zero-order chi connectivity index (χ0) is 18.6. The summed E-state index contributed by atoms with van der Waals surface area (Å²) < 4.78 is 59.4. The largest absolute Gasteiger partial charge is 0.482 e. The molecule has 0 saturated carbocycles. The van der Waals surface area contributed by atoms with E-state index in [1.165, 1.54) is 12.1 Å². The Hall–Kier alpha value is -2.42. The summed E-state index contributed by atoms with van der Waals surface area (Å²) in [6, 6.07) is 9.32. The van der Waals surface area contributed by atoms with Gasteiger partial charge in [0.15, 0.2) is 18.1 Å². The molecular formula is C16H13F4NO3S. The zero-order valence-corrected chi connectivity index (χ0v) is 13.5. The Morgan fingerprint density at radius 1 is 1.20 bits per heavy atom. The number of hydrogen-bond donors (Lipinski definition) is 2. The second-order valence-corrected chi connectivity index (χ2v) is 5.38. The highest BCUT2D eigenvalue weighted by atomic mass is 32.1. The third kappa shape index (κ3) is 4.79. The lowest BCUT2D eigenvalue weighted by Crippen LogP contribution is -2.33. The molecule has 0 bridgehead atoms. The number of carbonyl (C=O) groups is 1. The third-order valence-electron chi connectivity index (χ3n) is 3.04. The van der Waals surface area contributed by atoms with E-state index in [1.54, 1.807) is 18.2 Å². The molecule has 0 fully saturated rings. The molecule has 0 aliphatic heterocycles. The molecule has 0 saturated heterocycles. The first kappa shape index (κ1) is 18.9. The highest BCUT2D eigenvalue weighted by Crippen LogP contribution is 2.30. The van der Waals surface area contributed by atoms with Gasteiger partial charge in [-0.1, -0.05) is 18.2 Å². The number of nitrogens with two attached hydrogens (primary N) is 1. The molecule has 4 nitrogen and oxygen atoms in total. The van der Waals surface area contributed by atoms with Crippen molar-refractivity contribution in [2.75, 3.05) is 12.3 Å². The van der Waals surface area contributed by atoms with Gasteiger partial charge in [-0.25, -0.2) is 0 Å². The number of thiol groups is 1. The number of hydrogen-bond acceptors (Lipinski definition) is 5. The van der Waals surface area contributed by atoms with Crippen LogP contribution in [0.2, 0.25) is 0 Å². The number of nitrogen functional groups attached to an aromatic ring is 1. The normalized spacial score (nSPS) is 11.4. The number of alkyl halides is 4. The first-order valence-corrected chi connectivity index (χ1v) is 7.34. The monoisotopic (exact) mass is 375 g/mol. The summed E-state index contributed by atoms with van der Waals surface area (Å²) in [6.45, 7) is -0.448. The van der Waals surface area contributed by atoms with Crippen molar-refractivity contribution in [2.24, 2.45) is 0 Å². The lowest BCUT2D eigenvalue weighted by molar-refractivity contribution is -0.253. The molecule has 0 aliphatic rings. The Morgan fingerprint density at radius 3 is 2.52 bits per heavy atom. The van der Waals surface area contributed by atoms with E-state index >= 15 is 0 Å². The van der Waals surface area contributed by atoms with Gasteiger partial charge in [-0.2, -0.15) is 17.6 Å². The summed E-state index contributed by atoms with van der Waals surface area (Å²) in [5, 5.41) is 0. The highest BCUT2D eigenvalue weighted by Gasteiger charge is 2.44. The number of ketones is 1. The molecule has 2 rings (SSSR count). The molecule has 0 atom stereocenters. The van der Waals surface area contributed by atoms with E-state index in [0.29, 0.717) is 4.90 Å². The topological polar surface area (TPSA) is 61.5 Å². The summed E-state index contributed by atoms with van der Waals surface area (Å²) in [5.41, 5.74) is 5.94. The molecule has 2 N–H and O–H groups in total. The minimum absolute atomic E-state index is 0.0437. The molecule has 25 heavy (non-hydrogen) atoms. The van der Waals surface area contributed by atoms with Crippen molar-refractivity contribution in [1.82, 2.24) is 0 Å². The summed E-state index contributed by atoms with van der Waals surface area (Å²) in [4.78, 5) is 12.5. The van der Waals surface area contributed by atoms with Gasteiger partial charge in [0.25, 0.3) is 0 Å². The van der Waals surface area contributed by atoms with Crippen LogP contribution in [0.4, 0.5) is 23.2 Å². The fourth-order valence-electron chi connectivity index (χ4n) is 1.86. The number of anilines is 1. The third-order valence-corrected chi connectivity index (χ3v) is 3.39. The molecule has 0 aromatic heterocycles. The standard InChI is InChI=1S/C16H13F4NO3S/c17-15(18)16(19,20)24-10-4-1-3-9(7-10)12(22)8-23-14-11(21)5-2-6-13(14)25/h1-7,15,25H,8,21H2. The zero-order valence-electron chi connectivity index (χ0n) is 12.6. The van der Waals surface area contributed by atoms with Crippen molar-refractivity contribution in [3.8, 4) is 11.5 Å². The Labute approximate surface area is 145 Å². The fourth-order valence-corrected chi connectivity index (χ4v) is 2.13. The average Bonchev–Trinajstić information content (AvgIpc) is 2.54. The van der Waals surface area contributed by atoms with Crippen LogP contribution in [0, 0.1) is 0 Å². The van der Waals surface area contributed by atoms with E-state index in [4.69, 9.17) is 10.5 Å². The number of Topliss-reactive ketones (excluding diaryl/α,β-unsaturated/α-hetero) is 1. The average molecular weight is 375 g/mol. The second-order valence-electron chi connectivity index (χ2n) is 4.90. The molecule has 2 aromatic carbocycles. The van der Waals surface area contributed by atoms with Crippen LogP contribution in [0.1, 0.15) is 10.4 Å². The van der Waals surface area contributed by atoms with Crippen LogP contribution in [-0.2, 0) is 0 Å². The Bertz CT molecular complexity index is 751. The van der Waals surface area contributed by atoms with E-state index in [2.05, 4.69) is 17.4 Å². The van der Waals surface area contributed by atoms with Crippen LogP contribution < -0.4 is 15.2 Å². The van der Waals surface area contributed by atoms with Crippen molar-refractivity contribution in [2.45, 2.75) is 17.4 Å². The molecule has 0 amide bonds. The number of halogens is 4. The lowest BCUT2D eigenvalue weighted by Gasteiger charge is -2.17. The molecule has 134 valence electrons. The van der Waals surface area contributed by atoms with Gasteiger partial charge in [0.05, 0.1) is 5.69 Å². The van der Waals surface area contributed by atoms with Crippen LogP contribution >= 0.6 is 12.6 Å². The summed E-state index contributed by atoms with van der Waals surface area (Å²) in [7, 11) is 0. The fraction of sp³-hybridized carbons (Fsp3) is 0.188. The smallest absolute Gasteiger partial charge is 0.461 e. The maximum atomic E-state index is 12.9. The van der Waals surface area contributed by atoms with Crippen LogP contribution in [-0.4, -0.2) is 24.9 Å². The van der Waals surface area contributed by atoms with Crippen LogP contribution in [0.5, 0.6) is 11.5 Å². The number of ether oxygens (including phenoxy) is 2. The maximum absolute atomic E-state index is 12.9. The van der Waals surface area contributed by atoms with Gasteiger partial charge in [-0.3, -0.25) is 4.79 Å². The first-order valence-electron chi connectivity index (χ1n) is 6.89. The second kappa shape index (κ2) is 7.64. The van der Waals surface area contributed by atoms with E-state index in [0.717, 1.165) is 12.1 Å². The molecule has 0 heterocycles. The van der Waals surface area contributed by atoms with Gasteiger partial charge >= 0.3 is 12.5 Å². The van der Waals surface area contributed by atoms with Gasteiger partial charge in [0.1, 0.15) is 5.75 Å². The van der Waals surface area contributed by atoms with Gasteiger partial charge in [-0.05, 0) is 24.3 Å². The molecule has 2 aromatic rings. The summed E-state index contributed by atoms with van der Waals surface area (Å²) in [6.07, 6.45) is -8.65. The highest BCUT2D eigenvalue weighted by molar-refractivity contribution is 7.80. The van der Waals surface area contributed by atoms with E-state index < -0.39 is 30.7 Å². The molecule has 0 radical (unpaired) electrons. The van der Waals surface area contributed by atoms with E-state index in [-0.39, 0.29) is 17.0 Å². The van der Waals surface area contributed by atoms with Gasteiger partial charge in [-0.15, -0.1) is 12.6 Å². The maximum Gasteiger partial charge on any atom is 0.461 e. The quantitative estimate of drug-likeness (QED) is 0.332. The lowest BCUT2D eigenvalue weighted by atomic mass is 10.1. The van der Waals surface area contributed by atoms with Crippen molar-refractivity contribution in [1.29, 1.82) is 0 Å². The minimum Gasteiger partial charge on any atom is -0.482 e.